The summed E-state index contributed by atoms with van der Waals surface area (Å²) in [6, 6.07) is 0. The van der Waals surface area contributed by atoms with Crippen molar-refractivity contribution in [2.45, 2.75) is 39.7 Å². The number of aromatic nitrogens is 3. The van der Waals surface area contributed by atoms with Gasteiger partial charge in [-0.15, -0.1) is 0 Å². The van der Waals surface area contributed by atoms with E-state index in [4.69, 9.17) is 0 Å². The van der Waals surface area contributed by atoms with Crippen LogP contribution in [0.15, 0.2) is 6.33 Å². The average molecular weight is 165 g/mol. The molecule has 0 N–H and O–H groups in total. The molecule has 1 atom stereocenters. The highest BCUT2D eigenvalue weighted by Gasteiger charge is 2.34. The van der Waals surface area contributed by atoms with E-state index in [0.29, 0.717) is 11.3 Å². The Morgan fingerprint density at radius 2 is 2.25 bits per heavy atom. The second-order valence-corrected chi connectivity index (χ2v) is 4.55. The predicted octanol–water partition coefficient (Wildman–Crippen LogP) is 1.81. The maximum absolute atomic E-state index is 4.30. The lowest BCUT2D eigenvalue weighted by Gasteiger charge is -2.24. The first-order chi connectivity index (χ1) is 5.59. The molecule has 66 valence electrons. The summed E-state index contributed by atoms with van der Waals surface area (Å²) in [6.07, 6.45) is 2.85. The molecule has 0 saturated carbocycles. The molecule has 2 rings (SSSR count). The Labute approximate surface area is 72.8 Å². The number of rotatable bonds is 0. The zero-order valence-electron chi connectivity index (χ0n) is 7.91. The van der Waals surface area contributed by atoms with Gasteiger partial charge >= 0.3 is 0 Å². The molecule has 2 heterocycles. The highest BCUT2D eigenvalue weighted by Crippen LogP contribution is 2.40. The van der Waals surface area contributed by atoms with E-state index in [2.05, 4.69) is 30.9 Å². The maximum Gasteiger partial charge on any atom is 0.138 e. The van der Waals surface area contributed by atoms with Crippen LogP contribution < -0.4 is 0 Å². The van der Waals surface area contributed by atoms with Crippen LogP contribution in [0.25, 0.3) is 0 Å². The number of hydrogen-bond acceptors (Lipinski definition) is 2. The van der Waals surface area contributed by atoms with E-state index in [0.717, 1.165) is 6.54 Å². The second kappa shape index (κ2) is 2.31. The Balaban J connectivity index is 2.34. The molecule has 0 aliphatic carbocycles. The molecular formula is C9H15N3. The van der Waals surface area contributed by atoms with Crippen molar-refractivity contribution in [3.05, 3.63) is 12.2 Å². The minimum atomic E-state index is 0.321. The smallest absolute Gasteiger partial charge is 0.138 e. The van der Waals surface area contributed by atoms with Crippen molar-refractivity contribution < 1.29 is 0 Å². The molecule has 1 aliphatic rings. The predicted molar refractivity (Wildman–Crippen MR) is 46.8 cm³/mol. The number of fused-ring (bicyclic) bond motifs is 1. The lowest BCUT2D eigenvalue weighted by molar-refractivity contribution is 0.314. The van der Waals surface area contributed by atoms with Crippen molar-refractivity contribution in [2.75, 3.05) is 0 Å². The van der Waals surface area contributed by atoms with Crippen LogP contribution in [-0.4, -0.2) is 14.8 Å². The van der Waals surface area contributed by atoms with Gasteiger partial charge in [0.15, 0.2) is 0 Å². The zero-order chi connectivity index (χ0) is 8.77. The number of nitrogens with zero attached hydrogens (tertiary/aromatic N) is 3. The standard InChI is InChI=1S/C9H15N3/c1-9(2,3)7-4-5-12-8(7)10-6-11-12/h6-7H,4-5H2,1-3H3. The zero-order valence-corrected chi connectivity index (χ0v) is 7.91. The van der Waals surface area contributed by atoms with E-state index in [1.807, 2.05) is 4.68 Å². The van der Waals surface area contributed by atoms with Gasteiger partial charge in [-0.25, -0.2) is 9.67 Å². The van der Waals surface area contributed by atoms with E-state index in [-0.39, 0.29) is 0 Å². The molecule has 0 spiro atoms. The lowest BCUT2D eigenvalue weighted by Crippen LogP contribution is -2.16. The van der Waals surface area contributed by atoms with Crippen LogP contribution in [0, 0.1) is 5.41 Å². The molecule has 0 aromatic carbocycles. The first kappa shape index (κ1) is 7.77. The number of hydrogen-bond donors (Lipinski definition) is 0. The van der Waals surface area contributed by atoms with Crippen LogP contribution in [0.2, 0.25) is 0 Å². The Bertz CT molecular complexity index is 282. The van der Waals surface area contributed by atoms with Crippen LogP contribution in [0.3, 0.4) is 0 Å². The Hall–Kier alpha value is -0.860. The van der Waals surface area contributed by atoms with Gasteiger partial charge in [-0.2, -0.15) is 5.10 Å². The van der Waals surface area contributed by atoms with E-state index < -0.39 is 0 Å². The van der Waals surface area contributed by atoms with Crippen molar-refractivity contribution in [1.82, 2.24) is 14.8 Å². The summed E-state index contributed by atoms with van der Waals surface area (Å²) >= 11 is 0. The van der Waals surface area contributed by atoms with Gasteiger partial charge in [-0.3, -0.25) is 0 Å². The minimum absolute atomic E-state index is 0.321. The summed E-state index contributed by atoms with van der Waals surface area (Å²) in [6.45, 7) is 7.84. The molecule has 3 heteroatoms. The van der Waals surface area contributed by atoms with Gasteiger partial charge < -0.3 is 0 Å². The van der Waals surface area contributed by atoms with Crippen LogP contribution in [0.1, 0.15) is 38.9 Å². The molecule has 1 aromatic heterocycles. The SMILES string of the molecule is CC(C)(C)C1CCn2ncnc21. The van der Waals surface area contributed by atoms with Gasteiger partial charge in [-0.05, 0) is 11.8 Å². The fourth-order valence-electron chi connectivity index (χ4n) is 1.92. The van der Waals surface area contributed by atoms with E-state index in [1.165, 1.54) is 12.2 Å². The molecule has 1 aromatic rings. The first-order valence-electron chi connectivity index (χ1n) is 4.47. The van der Waals surface area contributed by atoms with Gasteiger partial charge in [0, 0.05) is 12.5 Å². The Kier molecular flexibility index (Phi) is 1.50. The maximum atomic E-state index is 4.30. The topological polar surface area (TPSA) is 30.7 Å². The number of aryl methyl sites for hydroxylation is 1. The average Bonchev–Trinajstić information content (AvgIpc) is 2.37. The molecule has 0 fully saturated rings. The highest BCUT2D eigenvalue weighted by atomic mass is 15.3. The quantitative estimate of drug-likeness (QED) is 0.587. The first-order valence-corrected chi connectivity index (χ1v) is 4.47. The summed E-state index contributed by atoms with van der Waals surface area (Å²) in [5.74, 6) is 1.75. The van der Waals surface area contributed by atoms with Crippen molar-refractivity contribution in [3.63, 3.8) is 0 Å². The second-order valence-electron chi connectivity index (χ2n) is 4.55. The van der Waals surface area contributed by atoms with Crippen molar-refractivity contribution in [3.8, 4) is 0 Å². The van der Waals surface area contributed by atoms with E-state index in [1.54, 1.807) is 6.33 Å². The van der Waals surface area contributed by atoms with Gasteiger partial charge in [0.25, 0.3) is 0 Å². The Morgan fingerprint density at radius 1 is 1.50 bits per heavy atom. The minimum Gasteiger partial charge on any atom is -0.250 e. The molecule has 0 bridgehead atoms. The summed E-state index contributed by atoms with van der Waals surface area (Å²) in [5, 5.41) is 4.17. The third-order valence-corrected chi connectivity index (χ3v) is 2.63. The molecule has 0 radical (unpaired) electrons. The summed E-state index contributed by atoms with van der Waals surface area (Å²) in [4.78, 5) is 4.30. The van der Waals surface area contributed by atoms with Crippen molar-refractivity contribution >= 4 is 0 Å². The van der Waals surface area contributed by atoms with E-state index in [9.17, 15) is 0 Å². The lowest BCUT2D eigenvalue weighted by atomic mass is 9.79. The third kappa shape index (κ3) is 1.04. The summed E-state index contributed by atoms with van der Waals surface area (Å²) in [5.41, 5.74) is 0.321. The highest BCUT2D eigenvalue weighted by molar-refractivity contribution is 5.05. The normalized spacial score (nSPS) is 22.8. The largest absolute Gasteiger partial charge is 0.250 e. The van der Waals surface area contributed by atoms with Gasteiger partial charge in [0.1, 0.15) is 12.2 Å². The van der Waals surface area contributed by atoms with Crippen molar-refractivity contribution in [1.29, 1.82) is 0 Å². The third-order valence-electron chi connectivity index (χ3n) is 2.63. The molecule has 1 unspecified atom stereocenters. The van der Waals surface area contributed by atoms with Crippen LogP contribution in [-0.2, 0) is 6.54 Å². The summed E-state index contributed by atoms with van der Waals surface area (Å²) < 4.78 is 2.02. The van der Waals surface area contributed by atoms with Crippen LogP contribution >= 0.6 is 0 Å². The molecule has 1 aliphatic heterocycles. The van der Waals surface area contributed by atoms with Crippen LogP contribution in [0.4, 0.5) is 0 Å². The fourth-order valence-corrected chi connectivity index (χ4v) is 1.92. The monoisotopic (exact) mass is 165 g/mol. The van der Waals surface area contributed by atoms with Crippen molar-refractivity contribution in [2.24, 2.45) is 5.41 Å². The molecule has 12 heavy (non-hydrogen) atoms. The van der Waals surface area contributed by atoms with Crippen LogP contribution in [0.5, 0.6) is 0 Å². The molecule has 0 amide bonds. The Morgan fingerprint density at radius 3 is 2.92 bits per heavy atom. The fraction of sp³-hybridized carbons (Fsp3) is 0.778. The summed E-state index contributed by atoms with van der Waals surface area (Å²) in [7, 11) is 0. The van der Waals surface area contributed by atoms with Gasteiger partial charge in [0.2, 0.25) is 0 Å². The van der Waals surface area contributed by atoms with E-state index >= 15 is 0 Å². The molecular weight excluding hydrogens is 150 g/mol. The van der Waals surface area contributed by atoms with Gasteiger partial charge in [-0.1, -0.05) is 20.8 Å². The molecule has 3 nitrogen and oxygen atoms in total. The van der Waals surface area contributed by atoms with Gasteiger partial charge in [0.05, 0.1) is 0 Å². The molecule has 0 saturated heterocycles.